The maximum absolute atomic E-state index is 11.7. The van der Waals surface area contributed by atoms with Gasteiger partial charge in [0, 0.05) is 0 Å². The van der Waals surface area contributed by atoms with Gasteiger partial charge in [-0.25, -0.2) is 4.79 Å². The Labute approximate surface area is 153 Å². The van der Waals surface area contributed by atoms with E-state index in [1.54, 1.807) is 18.2 Å². The molecule has 1 aliphatic heterocycles. The number of aromatic hydroxyl groups is 1. The molecule has 0 radical (unpaired) electrons. The van der Waals surface area contributed by atoms with E-state index in [2.05, 4.69) is 16.1 Å². The van der Waals surface area contributed by atoms with Crippen molar-refractivity contribution in [1.29, 1.82) is 0 Å². The standard InChI is InChI=1S/C9H4N2O6S.C8H8O/c10-11-7-8(12)5-3-4(18(14,15)16)1-2-6(5)17-9(7)13;1-2-7-3-5-8(9)6-4-7/h1-3H,(H,14,15,16);2-6,9H,1H2. The van der Waals surface area contributed by atoms with Gasteiger partial charge in [-0.3, -0.25) is 9.35 Å². The Morgan fingerprint density at radius 2 is 1.74 bits per heavy atom. The number of carbonyl (C=O) groups is 2. The fourth-order valence-corrected chi connectivity index (χ4v) is 2.51. The summed E-state index contributed by atoms with van der Waals surface area (Å²) in [7, 11) is -4.49. The van der Waals surface area contributed by atoms with Crippen molar-refractivity contribution in [3.63, 3.8) is 0 Å². The van der Waals surface area contributed by atoms with Gasteiger partial charge in [0.1, 0.15) is 11.5 Å². The summed E-state index contributed by atoms with van der Waals surface area (Å²) < 4.78 is 35.3. The van der Waals surface area contributed by atoms with E-state index in [1.807, 2.05) is 12.1 Å². The first-order valence-electron chi connectivity index (χ1n) is 7.19. The van der Waals surface area contributed by atoms with Gasteiger partial charge in [0.2, 0.25) is 0 Å². The number of Topliss-reactive ketones (excluding diaryl/α,β-unsaturated/α-hetero) is 1. The van der Waals surface area contributed by atoms with Crippen molar-refractivity contribution in [1.82, 2.24) is 0 Å². The van der Waals surface area contributed by atoms with Crippen molar-refractivity contribution in [3.8, 4) is 11.5 Å². The lowest BCUT2D eigenvalue weighted by atomic mass is 10.0. The Morgan fingerprint density at radius 1 is 1.11 bits per heavy atom. The van der Waals surface area contributed by atoms with E-state index < -0.39 is 32.5 Å². The molecule has 27 heavy (non-hydrogen) atoms. The van der Waals surface area contributed by atoms with Gasteiger partial charge in [-0.05, 0) is 35.9 Å². The Bertz CT molecular complexity index is 1080. The molecule has 10 heteroatoms. The Morgan fingerprint density at radius 3 is 2.26 bits per heavy atom. The zero-order valence-corrected chi connectivity index (χ0v) is 14.4. The molecule has 0 aromatic heterocycles. The minimum atomic E-state index is -4.49. The normalized spacial score (nSPS) is 12.9. The number of benzene rings is 2. The van der Waals surface area contributed by atoms with Crippen LogP contribution in [0.2, 0.25) is 0 Å². The second kappa shape index (κ2) is 7.75. The van der Waals surface area contributed by atoms with Gasteiger partial charge >= 0.3 is 11.7 Å². The summed E-state index contributed by atoms with van der Waals surface area (Å²) in [4.78, 5) is 24.8. The first kappa shape index (κ1) is 19.7. The molecule has 2 N–H and O–H groups in total. The number of phenolic OH excluding ortho intramolecular Hbond substituents is 1. The van der Waals surface area contributed by atoms with Crippen molar-refractivity contribution >= 4 is 33.7 Å². The van der Waals surface area contributed by atoms with Gasteiger partial charge < -0.3 is 15.4 Å². The third kappa shape index (κ3) is 4.53. The molecule has 0 saturated heterocycles. The summed E-state index contributed by atoms with van der Waals surface area (Å²) in [6.07, 6.45) is 1.74. The van der Waals surface area contributed by atoms with Gasteiger partial charge in [-0.15, -0.1) is 0 Å². The number of carbonyl (C=O) groups excluding carboxylic acids is 2. The third-order valence-corrected chi connectivity index (χ3v) is 4.18. The van der Waals surface area contributed by atoms with Crippen LogP contribution < -0.4 is 4.74 Å². The molecule has 2 aromatic rings. The molecule has 138 valence electrons. The molecular formula is C17H12N2O7S. The Hall–Kier alpha value is -3.59. The highest BCUT2D eigenvalue weighted by atomic mass is 32.2. The number of hydrogen-bond acceptors (Lipinski definition) is 6. The number of fused-ring (bicyclic) bond motifs is 1. The van der Waals surface area contributed by atoms with Gasteiger partial charge in [0.05, 0.1) is 10.5 Å². The van der Waals surface area contributed by atoms with Crippen molar-refractivity contribution in [3.05, 3.63) is 65.7 Å². The molecule has 0 spiro atoms. The number of esters is 1. The first-order chi connectivity index (χ1) is 12.7. The lowest BCUT2D eigenvalue weighted by molar-refractivity contribution is -0.131. The predicted octanol–water partition coefficient (Wildman–Crippen LogP) is 1.74. The molecule has 2 aromatic carbocycles. The molecule has 0 unspecified atom stereocenters. The quantitative estimate of drug-likeness (QED) is 0.261. The average molecular weight is 388 g/mol. The third-order valence-electron chi connectivity index (χ3n) is 3.33. The minimum Gasteiger partial charge on any atom is -0.508 e. The van der Waals surface area contributed by atoms with Crippen LogP contribution in [0.1, 0.15) is 15.9 Å². The van der Waals surface area contributed by atoms with Crippen molar-refractivity contribution < 1.29 is 37.2 Å². The van der Waals surface area contributed by atoms with Crippen LogP contribution in [0.5, 0.6) is 11.5 Å². The van der Waals surface area contributed by atoms with E-state index in [9.17, 15) is 18.0 Å². The highest BCUT2D eigenvalue weighted by Gasteiger charge is 2.40. The fraction of sp³-hybridized carbons (Fsp3) is 0. The van der Waals surface area contributed by atoms with Crippen LogP contribution in [-0.4, -0.2) is 40.3 Å². The summed E-state index contributed by atoms with van der Waals surface area (Å²) in [6.45, 7) is 3.58. The molecule has 0 fully saturated rings. The molecule has 0 aliphatic carbocycles. The number of rotatable bonds is 2. The number of nitrogens with zero attached hydrogens (tertiary/aromatic N) is 2. The number of ketones is 1. The SMILES string of the molecule is C=Cc1ccc(O)cc1.[N-]=[N+]=C1C(=O)Oc2ccc(S(=O)(=O)O)cc2C1=O. The topological polar surface area (TPSA) is 154 Å². The van der Waals surface area contributed by atoms with Gasteiger partial charge in [-0.1, -0.05) is 24.8 Å². The molecule has 9 nitrogen and oxygen atoms in total. The van der Waals surface area contributed by atoms with Crippen LogP contribution in [-0.2, 0) is 14.9 Å². The Kier molecular flexibility index (Phi) is 5.66. The van der Waals surface area contributed by atoms with Gasteiger partial charge in [0.25, 0.3) is 15.9 Å². The smallest absolute Gasteiger partial charge is 0.446 e. The maximum atomic E-state index is 11.7. The van der Waals surface area contributed by atoms with Crippen molar-refractivity contribution in [2.24, 2.45) is 0 Å². The highest BCUT2D eigenvalue weighted by molar-refractivity contribution is 7.85. The monoisotopic (exact) mass is 388 g/mol. The zero-order chi connectivity index (χ0) is 20.2. The molecule has 1 aliphatic rings. The number of phenols is 1. The number of ether oxygens (including phenoxy) is 1. The van der Waals surface area contributed by atoms with Gasteiger partial charge in [-0.2, -0.15) is 13.2 Å². The van der Waals surface area contributed by atoms with Crippen LogP contribution in [0, 0.1) is 0 Å². The van der Waals surface area contributed by atoms with E-state index in [0.717, 1.165) is 23.8 Å². The second-order valence-corrected chi connectivity index (χ2v) is 6.52. The lowest BCUT2D eigenvalue weighted by Gasteiger charge is -2.11. The number of hydrogen-bond donors (Lipinski definition) is 2. The molecule has 3 rings (SSSR count). The molecule has 0 bridgehead atoms. The summed E-state index contributed by atoms with van der Waals surface area (Å²) >= 11 is 0. The summed E-state index contributed by atoms with van der Waals surface area (Å²) in [5.41, 5.74) is 8.35. The highest BCUT2D eigenvalue weighted by Crippen LogP contribution is 2.26. The Balaban J connectivity index is 0.000000244. The summed E-state index contributed by atoms with van der Waals surface area (Å²) in [6, 6.07) is 9.72. The van der Waals surface area contributed by atoms with Crippen LogP contribution in [0.15, 0.2) is 53.9 Å². The molecule has 0 saturated carbocycles. The second-order valence-electron chi connectivity index (χ2n) is 5.10. The molecule has 0 amide bonds. The average Bonchev–Trinajstić information content (AvgIpc) is 2.62. The molecule has 1 heterocycles. The van der Waals surface area contributed by atoms with Crippen LogP contribution in [0.3, 0.4) is 0 Å². The maximum Gasteiger partial charge on any atom is 0.446 e. The lowest BCUT2D eigenvalue weighted by Crippen LogP contribution is -2.34. The van der Waals surface area contributed by atoms with E-state index in [0.29, 0.717) is 5.75 Å². The van der Waals surface area contributed by atoms with E-state index in [-0.39, 0.29) is 11.3 Å². The summed E-state index contributed by atoms with van der Waals surface area (Å²) in [5.74, 6) is -2.02. The first-order valence-corrected chi connectivity index (χ1v) is 8.63. The molecular weight excluding hydrogens is 376 g/mol. The van der Waals surface area contributed by atoms with Gasteiger partial charge in [0.15, 0.2) is 0 Å². The summed E-state index contributed by atoms with van der Waals surface area (Å²) in [5, 5.41) is 8.82. The van der Waals surface area contributed by atoms with E-state index in [4.69, 9.17) is 15.2 Å². The van der Waals surface area contributed by atoms with Crippen LogP contribution in [0.4, 0.5) is 0 Å². The van der Waals surface area contributed by atoms with E-state index >= 15 is 0 Å². The largest absolute Gasteiger partial charge is 0.508 e. The fourth-order valence-electron chi connectivity index (χ4n) is 2.00. The van der Waals surface area contributed by atoms with Crippen LogP contribution >= 0.6 is 0 Å². The zero-order valence-electron chi connectivity index (χ0n) is 13.6. The van der Waals surface area contributed by atoms with E-state index in [1.165, 1.54) is 0 Å². The molecule has 0 atom stereocenters. The minimum absolute atomic E-state index is 0.176. The van der Waals surface area contributed by atoms with Crippen molar-refractivity contribution in [2.75, 3.05) is 0 Å². The predicted molar refractivity (Wildman–Crippen MR) is 93.0 cm³/mol. The van der Waals surface area contributed by atoms with Crippen molar-refractivity contribution in [2.45, 2.75) is 4.90 Å². The van der Waals surface area contributed by atoms with Crippen LogP contribution in [0.25, 0.3) is 11.6 Å².